The summed E-state index contributed by atoms with van der Waals surface area (Å²) in [4.78, 5) is 99.5. The number of anilines is 2. The van der Waals surface area contributed by atoms with Crippen LogP contribution in [0.15, 0.2) is 66.9 Å². The predicted octanol–water partition coefficient (Wildman–Crippen LogP) is 7.04. The van der Waals surface area contributed by atoms with E-state index in [1.54, 1.807) is 41.4 Å². The second kappa shape index (κ2) is 20.0. The van der Waals surface area contributed by atoms with Gasteiger partial charge in [-0.15, -0.1) is 6.42 Å². The lowest BCUT2D eigenvalue weighted by Crippen LogP contribution is -2.54. The van der Waals surface area contributed by atoms with Gasteiger partial charge in [-0.3, -0.25) is 44.1 Å². The number of nitrogens with zero attached hydrogens (tertiary/aromatic N) is 7. The highest BCUT2D eigenvalue weighted by atomic mass is 19.1. The molecule has 5 aromatic rings. The van der Waals surface area contributed by atoms with Gasteiger partial charge >= 0.3 is 12.1 Å². The summed E-state index contributed by atoms with van der Waals surface area (Å²) in [5.74, 6) is -1.09. The first-order valence-electron chi connectivity index (χ1n) is 27.9. The zero-order valence-corrected chi connectivity index (χ0v) is 44.2. The van der Waals surface area contributed by atoms with Gasteiger partial charge in [-0.1, -0.05) is 42.3 Å². The maximum Gasteiger partial charge on any atom is 0.409 e. The molecule has 20 heteroatoms. The zero-order valence-electron chi connectivity index (χ0n) is 44.2. The number of imide groups is 2. The van der Waals surface area contributed by atoms with Gasteiger partial charge in [0.05, 0.1) is 27.6 Å². The number of benzene rings is 3. The second-order valence-electron chi connectivity index (χ2n) is 23.3. The predicted molar refractivity (Wildman–Crippen MR) is 290 cm³/mol. The summed E-state index contributed by atoms with van der Waals surface area (Å²) in [5.41, 5.74) is 1.58. The number of hydrogen-bond acceptors (Lipinski definition) is 14. The number of nitrogens with one attached hydrogen (secondary N) is 3. The van der Waals surface area contributed by atoms with Crippen LogP contribution in [0.5, 0.6) is 6.01 Å². The number of carbonyl (C=O) groups excluding carboxylic acids is 6. The number of aromatic nitrogens is 3. The molecule has 6 amide bonds. The Morgan fingerprint density at radius 3 is 2.42 bits per heavy atom. The summed E-state index contributed by atoms with van der Waals surface area (Å²) in [6.45, 7) is 7.80. The van der Waals surface area contributed by atoms with E-state index < -0.39 is 46.8 Å². The van der Waals surface area contributed by atoms with Crippen LogP contribution >= 0.6 is 0 Å². The highest BCUT2D eigenvalue weighted by molar-refractivity contribution is 6.24. The van der Waals surface area contributed by atoms with E-state index in [1.165, 1.54) is 18.2 Å². The van der Waals surface area contributed by atoms with E-state index in [0.29, 0.717) is 85.2 Å². The van der Waals surface area contributed by atoms with E-state index in [4.69, 9.17) is 25.9 Å². The molecule has 13 rings (SSSR count). The highest BCUT2D eigenvalue weighted by Crippen LogP contribution is 2.48. The number of likely N-dealkylation sites (tertiary alicyclic amines) is 1. The molecule has 8 aliphatic rings. The van der Waals surface area contributed by atoms with Crippen LogP contribution < -0.4 is 25.6 Å². The van der Waals surface area contributed by atoms with Crippen molar-refractivity contribution in [3.05, 3.63) is 95.2 Å². The fourth-order valence-electron chi connectivity index (χ4n) is 14.3. The number of halogens is 2. The van der Waals surface area contributed by atoms with E-state index in [-0.39, 0.29) is 101 Å². The Bertz CT molecular complexity index is 3520. The Hall–Kier alpha value is -7.89. The van der Waals surface area contributed by atoms with Crippen LogP contribution in [-0.2, 0) is 19.1 Å². The number of hydrogen-bond donors (Lipinski definition) is 3. The molecule has 3 unspecified atom stereocenters. The van der Waals surface area contributed by atoms with Crippen molar-refractivity contribution in [1.82, 2.24) is 40.3 Å². The molecule has 0 radical (unpaired) electrons. The number of ether oxygens (including phenoxy) is 2. The molecule has 18 nitrogen and oxygen atoms in total. The van der Waals surface area contributed by atoms with Gasteiger partial charge in [-0.25, -0.2) is 13.6 Å². The molecule has 2 bridgehead atoms. The molecule has 3 aromatic carbocycles. The average Bonchev–Trinajstić information content (AvgIpc) is 4.31. The van der Waals surface area contributed by atoms with Crippen molar-refractivity contribution >= 4 is 68.8 Å². The molecular weight excluding hydrogens is 1030 g/mol. The van der Waals surface area contributed by atoms with Crippen LogP contribution in [0.3, 0.4) is 0 Å². The third-order valence-corrected chi connectivity index (χ3v) is 18.6. The normalized spacial score (nSPS) is 25.6. The van der Waals surface area contributed by atoms with E-state index in [1.807, 2.05) is 0 Å². The van der Waals surface area contributed by atoms with Gasteiger partial charge in [0.2, 0.25) is 17.7 Å². The van der Waals surface area contributed by atoms with Gasteiger partial charge in [0.1, 0.15) is 42.1 Å². The molecule has 80 heavy (non-hydrogen) atoms. The fraction of sp³-hybridized carbons (Fsp3) is 0.450. The number of carbonyl (C=O) groups is 6. The van der Waals surface area contributed by atoms with Gasteiger partial charge in [-0.05, 0) is 112 Å². The molecule has 1 aliphatic carbocycles. The molecule has 7 aliphatic heterocycles. The number of amides is 6. The number of pyridine rings is 1. The number of fused-ring (bicyclic) bond motifs is 6. The number of piperazine rings is 1. The van der Waals surface area contributed by atoms with Crippen molar-refractivity contribution in [2.45, 2.75) is 113 Å². The third kappa shape index (κ3) is 8.98. The zero-order chi connectivity index (χ0) is 55.2. The summed E-state index contributed by atoms with van der Waals surface area (Å²) in [5, 5.41) is 10.3. The summed E-state index contributed by atoms with van der Waals surface area (Å²) < 4.78 is 45.0. The Morgan fingerprint density at radius 2 is 1.66 bits per heavy atom. The maximum absolute atomic E-state index is 17.3. The van der Waals surface area contributed by atoms with Crippen molar-refractivity contribution in [3.8, 4) is 29.6 Å². The minimum absolute atomic E-state index is 0.00317. The molecule has 7 fully saturated rings. The Morgan fingerprint density at radius 1 is 0.887 bits per heavy atom. The quantitative estimate of drug-likeness (QED) is 0.0729. The Balaban J connectivity index is 0.634. The molecule has 1 saturated carbocycles. The topological polar surface area (TPSA) is 209 Å². The smallest absolute Gasteiger partial charge is 0.409 e. The van der Waals surface area contributed by atoms with Crippen molar-refractivity contribution < 1.29 is 47.0 Å². The van der Waals surface area contributed by atoms with Crippen LogP contribution in [0.25, 0.3) is 32.9 Å². The lowest BCUT2D eigenvalue weighted by molar-refractivity contribution is -0.136. The summed E-state index contributed by atoms with van der Waals surface area (Å²) >= 11 is 0. The van der Waals surface area contributed by atoms with E-state index in [2.05, 4.69) is 43.2 Å². The molecule has 6 saturated heterocycles. The minimum Gasteiger partial charge on any atom is -0.461 e. The average molecular weight is 1090 g/mol. The summed E-state index contributed by atoms with van der Waals surface area (Å²) in [6.07, 6.45) is 15.9. The van der Waals surface area contributed by atoms with Crippen LogP contribution in [0, 0.1) is 35.3 Å². The van der Waals surface area contributed by atoms with Crippen LogP contribution in [0.2, 0.25) is 0 Å². The second-order valence-corrected chi connectivity index (χ2v) is 23.3. The van der Waals surface area contributed by atoms with Crippen molar-refractivity contribution in [1.29, 1.82) is 0 Å². The van der Waals surface area contributed by atoms with Gasteiger partial charge in [0.15, 0.2) is 5.82 Å². The van der Waals surface area contributed by atoms with Crippen molar-refractivity contribution in [3.63, 3.8) is 0 Å². The molecule has 1 spiro atoms. The lowest BCUT2D eigenvalue weighted by Gasteiger charge is -2.45. The summed E-state index contributed by atoms with van der Waals surface area (Å²) in [6, 6.07) is 12.1. The third-order valence-electron chi connectivity index (χ3n) is 18.6. The Labute approximate surface area is 460 Å². The largest absolute Gasteiger partial charge is 0.461 e. The van der Waals surface area contributed by atoms with Gasteiger partial charge in [0, 0.05) is 86.0 Å². The Kier molecular flexibility index (Phi) is 12.9. The van der Waals surface area contributed by atoms with Crippen molar-refractivity contribution in [2.75, 3.05) is 56.2 Å². The molecular formula is C60H60F2N10O8. The van der Waals surface area contributed by atoms with E-state index in [0.717, 1.165) is 61.8 Å². The van der Waals surface area contributed by atoms with E-state index >= 15 is 8.78 Å². The SMILES string of the molecule is C#Cc1c(F)ccc2cccc(-c3ncc4c(N5CC6CCC(C5)N6)nc(OC[C@@]56CC[C@@H](COC(=O)N7CCC8(CCC(C(=O)Nc9ccc%10c(c9)C(=O)N(C9CCC(=O)NC9=O)C%10=O)CC8)CC7)N5CC(=C)C6)nc4c3F)c12. The van der Waals surface area contributed by atoms with Gasteiger partial charge < -0.3 is 29.9 Å². The fourth-order valence-corrected chi connectivity index (χ4v) is 14.3. The molecule has 9 heterocycles. The molecule has 5 atom stereocenters. The molecule has 412 valence electrons. The standard InChI is InChI=1S/C60H60F2N10O8/c1-3-40-45(61)12-7-34-5-4-6-42(48(34)40)50-49(62)51-44(27-63-50)52(70-29-37-8-9-38(30-70)64-37)68-57(67-51)80-32-60-20-17-39(71(60)28-33(2)26-60)31-79-58(78)69-23-21-59(22-24-69)18-15-35(16-19-59)53(74)65-36-10-11-41-43(25-36)56(77)72(55(41)76)46-13-14-47(73)66-54(46)75/h1,4-7,10-12,25,27,35,37-39,46,64H,2,8-9,13-24,26,28-32H2,(H,65,74)(H,66,73,75)/t37?,38?,39-,46?,60-/m0/s1. The molecule has 3 N–H and O–H groups in total. The van der Waals surface area contributed by atoms with Crippen LogP contribution in [0.1, 0.15) is 110 Å². The van der Waals surface area contributed by atoms with E-state index in [9.17, 15) is 28.8 Å². The van der Waals surface area contributed by atoms with Crippen molar-refractivity contribution in [2.24, 2.45) is 11.3 Å². The number of piperidine rings is 2. The maximum atomic E-state index is 17.3. The van der Waals surface area contributed by atoms with Crippen LogP contribution in [0.4, 0.5) is 25.1 Å². The lowest BCUT2D eigenvalue weighted by atomic mass is 9.65. The first-order valence-corrected chi connectivity index (χ1v) is 27.9. The molecule has 2 aromatic heterocycles. The highest BCUT2D eigenvalue weighted by Gasteiger charge is 2.52. The number of rotatable bonds is 10. The number of terminal acetylenes is 1. The monoisotopic (exact) mass is 1090 g/mol. The first-order chi connectivity index (χ1) is 38.7. The minimum atomic E-state index is -1.08. The van der Waals surface area contributed by atoms with Crippen LogP contribution in [-0.4, -0.2) is 141 Å². The van der Waals surface area contributed by atoms with Gasteiger partial charge in [0.25, 0.3) is 11.8 Å². The van der Waals surface area contributed by atoms with Gasteiger partial charge in [-0.2, -0.15) is 9.97 Å². The summed E-state index contributed by atoms with van der Waals surface area (Å²) in [7, 11) is 0. The first kappa shape index (κ1) is 51.5.